The predicted octanol–water partition coefficient (Wildman–Crippen LogP) is 3.83. The van der Waals surface area contributed by atoms with Gasteiger partial charge in [-0.05, 0) is 26.0 Å². The Balaban J connectivity index is 2.82. The van der Waals surface area contributed by atoms with Gasteiger partial charge in [-0.3, -0.25) is 0 Å². The molecule has 1 aromatic rings. The van der Waals surface area contributed by atoms with E-state index in [0.29, 0.717) is 5.02 Å². The van der Waals surface area contributed by atoms with Gasteiger partial charge in [-0.1, -0.05) is 23.7 Å². The van der Waals surface area contributed by atoms with Crippen molar-refractivity contribution in [2.75, 3.05) is 0 Å². The van der Waals surface area contributed by atoms with Crippen molar-refractivity contribution in [3.05, 3.63) is 29.3 Å². The van der Waals surface area contributed by atoms with Crippen LogP contribution in [0.2, 0.25) is 5.02 Å². The molecule has 64 valence electrons. The van der Waals surface area contributed by atoms with E-state index in [-0.39, 0.29) is 6.04 Å². The molecule has 0 aromatic heterocycles. The van der Waals surface area contributed by atoms with Gasteiger partial charge >= 0.3 is 0 Å². The van der Waals surface area contributed by atoms with Gasteiger partial charge in [0.1, 0.15) is 5.69 Å². The maximum Gasteiger partial charge on any atom is 0.104 e. The minimum Gasteiger partial charge on any atom is -0.186 e. The zero-order valence-corrected chi connectivity index (χ0v) is 7.92. The second-order valence-electron chi connectivity index (χ2n) is 2.76. The van der Waals surface area contributed by atoms with Crippen LogP contribution >= 0.6 is 11.6 Å². The fourth-order valence-corrected chi connectivity index (χ4v) is 0.884. The topological polar surface area (TPSA) is 24.7 Å². The van der Waals surface area contributed by atoms with Gasteiger partial charge in [-0.15, -0.1) is 0 Å². The molecule has 0 radical (unpaired) electrons. The van der Waals surface area contributed by atoms with E-state index in [1.807, 2.05) is 32.0 Å². The molecule has 12 heavy (non-hydrogen) atoms. The number of halogens is 1. The van der Waals surface area contributed by atoms with Crippen LogP contribution in [-0.4, -0.2) is 6.04 Å². The molecule has 0 aliphatic heterocycles. The maximum absolute atomic E-state index is 5.85. The summed E-state index contributed by atoms with van der Waals surface area (Å²) in [5, 5.41) is 8.64. The Labute approximate surface area is 77.3 Å². The van der Waals surface area contributed by atoms with Crippen molar-refractivity contribution >= 4 is 17.3 Å². The summed E-state index contributed by atoms with van der Waals surface area (Å²) in [5.41, 5.74) is 0.730. The normalized spacial score (nSPS) is 11.3. The number of hydrogen-bond donors (Lipinski definition) is 0. The van der Waals surface area contributed by atoms with E-state index in [9.17, 15) is 0 Å². The molecule has 0 N–H and O–H groups in total. The number of azo groups is 1. The molecule has 0 spiro atoms. The third-order valence-corrected chi connectivity index (χ3v) is 1.57. The van der Waals surface area contributed by atoms with Crippen LogP contribution in [0.5, 0.6) is 0 Å². The van der Waals surface area contributed by atoms with Gasteiger partial charge in [0.05, 0.1) is 11.1 Å². The Hall–Kier alpha value is -0.890. The Morgan fingerprint density at radius 3 is 2.50 bits per heavy atom. The standard InChI is InChI=1S/C9H11ClN2/c1-7(2)11-12-9-6-4-3-5-8(9)10/h3-7H,1-2H3. The molecule has 0 bridgehead atoms. The highest BCUT2D eigenvalue weighted by atomic mass is 35.5. The molecule has 0 saturated heterocycles. The third kappa shape index (κ3) is 2.62. The van der Waals surface area contributed by atoms with Gasteiger partial charge in [0.15, 0.2) is 0 Å². The van der Waals surface area contributed by atoms with Gasteiger partial charge in [-0.2, -0.15) is 10.2 Å². The van der Waals surface area contributed by atoms with Crippen molar-refractivity contribution in [3.8, 4) is 0 Å². The van der Waals surface area contributed by atoms with Crippen molar-refractivity contribution in [2.45, 2.75) is 19.9 Å². The highest BCUT2D eigenvalue weighted by Gasteiger charge is 1.95. The van der Waals surface area contributed by atoms with Gasteiger partial charge in [0.25, 0.3) is 0 Å². The zero-order valence-electron chi connectivity index (χ0n) is 7.16. The van der Waals surface area contributed by atoms with E-state index >= 15 is 0 Å². The molecule has 1 rings (SSSR count). The van der Waals surface area contributed by atoms with Crippen LogP contribution in [0.1, 0.15) is 13.8 Å². The molecule has 0 amide bonds. The summed E-state index contributed by atoms with van der Waals surface area (Å²) in [7, 11) is 0. The largest absolute Gasteiger partial charge is 0.186 e. The van der Waals surface area contributed by atoms with Crippen molar-refractivity contribution in [2.24, 2.45) is 10.2 Å². The van der Waals surface area contributed by atoms with Crippen molar-refractivity contribution in [1.29, 1.82) is 0 Å². The number of hydrogen-bond acceptors (Lipinski definition) is 2. The summed E-state index contributed by atoms with van der Waals surface area (Å²) in [6, 6.07) is 7.61. The lowest BCUT2D eigenvalue weighted by atomic mass is 10.3. The fourth-order valence-electron chi connectivity index (χ4n) is 0.710. The highest BCUT2D eigenvalue weighted by Crippen LogP contribution is 2.23. The molecule has 0 aliphatic rings. The van der Waals surface area contributed by atoms with Crippen LogP contribution in [0.3, 0.4) is 0 Å². The van der Waals surface area contributed by atoms with Crippen LogP contribution in [0, 0.1) is 0 Å². The lowest BCUT2D eigenvalue weighted by Crippen LogP contribution is -1.83. The van der Waals surface area contributed by atoms with Crippen LogP contribution in [0.4, 0.5) is 5.69 Å². The van der Waals surface area contributed by atoms with E-state index in [4.69, 9.17) is 11.6 Å². The lowest BCUT2D eigenvalue weighted by molar-refractivity contribution is 0.779. The maximum atomic E-state index is 5.85. The van der Waals surface area contributed by atoms with Gasteiger partial charge in [0.2, 0.25) is 0 Å². The second kappa shape index (κ2) is 4.21. The third-order valence-electron chi connectivity index (χ3n) is 1.25. The molecule has 0 aliphatic carbocycles. The summed E-state index contributed by atoms with van der Waals surface area (Å²) in [6.45, 7) is 3.95. The fraction of sp³-hybridized carbons (Fsp3) is 0.333. The molecule has 0 fully saturated rings. The summed E-state index contributed by atoms with van der Waals surface area (Å²) in [4.78, 5) is 0. The summed E-state index contributed by atoms with van der Waals surface area (Å²) < 4.78 is 0. The number of benzene rings is 1. The molecule has 1 aromatic carbocycles. The lowest BCUT2D eigenvalue weighted by Gasteiger charge is -1.96. The molecule has 0 saturated carbocycles. The van der Waals surface area contributed by atoms with Gasteiger partial charge < -0.3 is 0 Å². The quantitative estimate of drug-likeness (QED) is 0.621. The Morgan fingerprint density at radius 1 is 1.25 bits per heavy atom. The summed E-state index contributed by atoms with van der Waals surface area (Å²) in [5.74, 6) is 0. The minimum atomic E-state index is 0.210. The monoisotopic (exact) mass is 182 g/mol. The smallest absolute Gasteiger partial charge is 0.104 e. The highest BCUT2D eigenvalue weighted by molar-refractivity contribution is 6.32. The molecule has 0 unspecified atom stereocenters. The Bertz CT molecular complexity index is 282. The average molecular weight is 183 g/mol. The van der Waals surface area contributed by atoms with Crippen LogP contribution in [0.25, 0.3) is 0 Å². The number of nitrogens with zero attached hydrogens (tertiary/aromatic N) is 2. The average Bonchev–Trinajstić information content (AvgIpc) is 2.03. The number of rotatable bonds is 2. The summed E-state index contributed by atoms with van der Waals surface area (Å²) >= 11 is 5.85. The molecule has 2 nitrogen and oxygen atoms in total. The first-order chi connectivity index (χ1) is 5.70. The SMILES string of the molecule is CC(C)N=Nc1ccccc1Cl. The molecular formula is C9H11ClN2. The van der Waals surface area contributed by atoms with E-state index in [1.165, 1.54) is 0 Å². The van der Waals surface area contributed by atoms with E-state index in [2.05, 4.69) is 10.2 Å². The Morgan fingerprint density at radius 2 is 1.92 bits per heavy atom. The van der Waals surface area contributed by atoms with E-state index < -0.39 is 0 Å². The second-order valence-corrected chi connectivity index (χ2v) is 3.17. The van der Waals surface area contributed by atoms with E-state index in [0.717, 1.165) is 5.69 Å². The predicted molar refractivity (Wildman–Crippen MR) is 51.1 cm³/mol. The van der Waals surface area contributed by atoms with Crippen LogP contribution in [-0.2, 0) is 0 Å². The minimum absolute atomic E-state index is 0.210. The van der Waals surface area contributed by atoms with Crippen molar-refractivity contribution < 1.29 is 0 Å². The molecular weight excluding hydrogens is 172 g/mol. The van der Waals surface area contributed by atoms with Crippen LogP contribution in [0.15, 0.2) is 34.5 Å². The molecule has 3 heteroatoms. The molecule has 0 atom stereocenters. The molecule has 0 heterocycles. The first kappa shape index (κ1) is 9.20. The first-order valence-electron chi connectivity index (χ1n) is 3.85. The van der Waals surface area contributed by atoms with Gasteiger partial charge in [-0.25, -0.2) is 0 Å². The van der Waals surface area contributed by atoms with Crippen molar-refractivity contribution in [1.82, 2.24) is 0 Å². The summed E-state index contributed by atoms with van der Waals surface area (Å²) in [6.07, 6.45) is 0. The van der Waals surface area contributed by atoms with Gasteiger partial charge in [0, 0.05) is 0 Å². The zero-order chi connectivity index (χ0) is 8.97. The first-order valence-corrected chi connectivity index (χ1v) is 4.23. The van der Waals surface area contributed by atoms with Crippen molar-refractivity contribution in [3.63, 3.8) is 0 Å². The van der Waals surface area contributed by atoms with E-state index in [1.54, 1.807) is 6.07 Å². The Kier molecular flexibility index (Phi) is 3.23. The van der Waals surface area contributed by atoms with Crippen LogP contribution < -0.4 is 0 Å².